The second-order valence-corrected chi connectivity index (χ2v) is 8.09. The summed E-state index contributed by atoms with van der Waals surface area (Å²) in [6.07, 6.45) is 2.82. The van der Waals surface area contributed by atoms with Gasteiger partial charge in [0, 0.05) is 13.1 Å². The summed E-state index contributed by atoms with van der Waals surface area (Å²) in [4.78, 5) is 58.8. The molecule has 0 saturated heterocycles. The summed E-state index contributed by atoms with van der Waals surface area (Å²) in [5.41, 5.74) is 4.95. The molecule has 0 bridgehead atoms. The molecule has 2 aromatic heterocycles. The van der Waals surface area contributed by atoms with Crippen LogP contribution >= 0.6 is 0 Å². The molecule has 1 aromatic carbocycles. The van der Waals surface area contributed by atoms with Crippen molar-refractivity contribution in [3.8, 4) is 0 Å². The van der Waals surface area contributed by atoms with E-state index in [9.17, 15) is 19.2 Å². The number of unbranched alkanes of at least 4 members (excludes halogenated alkanes) is 1. The molecule has 3 N–H and O–H groups in total. The molecule has 3 rings (SSSR count). The third-order valence-electron chi connectivity index (χ3n) is 5.11. The van der Waals surface area contributed by atoms with Crippen molar-refractivity contribution in [2.24, 2.45) is 5.92 Å². The Bertz CT molecular complexity index is 1300. The Morgan fingerprint density at radius 3 is 2.62 bits per heavy atom. The minimum atomic E-state index is -0.738. The number of fused-ring (bicyclic) bond motifs is 1. The smallest absolute Gasteiger partial charge is 0.330 e. The maximum atomic E-state index is 13.3. The number of hydrogen-bond acceptors (Lipinski definition) is 6. The maximum absolute atomic E-state index is 13.3. The lowest BCUT2D eigenvalue weighted by Gasteiger charge is -2.26. The fourth-order valence-corrected chi connectivity index (χ4v) is 3.51. The van der Waals surface area contributed by atoms with Crippen molar-refractivity contribution >= 4 is 28.3 Å². The molecule has 170 valence electrons. The highest BCUT2D eigenvalue weighted by atomic mass is 16.2. The van der Waals surface area contributed by atoms with Crippen molar-refractivity contribution in [3.05, 3.63) is 61.8 Å². The van der Waals surface area contributed by atoms with Crippen LogP contribution in [0.3, 0.4) is 0 Å². The molecule has 1 amide bonds. The number of hydrogen-bond donors (Lipinski definition) is 2. The van der Waals surface area contributed by atoms with Crippen LogP contribution in [-0.4, -0.2) is 31.6 Å². The van der Waals surface area contributed by atoms with E-state index in [1.807, 2.05) is 20.8 Å². The third kappa shape index (κ3) is 4.63. The van der Waals surface area contributed by atoms with E-state index in [1.165, 1.54) is 20.4 Å². The number of nitrogen functional groups attached to an aromatic ring is 1. The van der Waals surface area contributed by atoms with Gasteiger partial charge in [0.25, 0.3) is 11.1 Å². The summed E-state index contributed by atoms with van der Waals surface area (Å²) < 4.78 is 2.47. The third-order valence-corrected chi connectivity index (χ3v) is 5.11. The topological polar surface area (TPSA) is 136 Å². The first-order chi connectivity index (χ1) is 15.2. The summed E-state index contributed by atoms with van der Waals surface area (Å²) in [5, 5.41) is 0.392. The molecule has 0 radical (unpaired) electrons. The molecule has 0 saturated carbocycles. The molecule has 0 aliphatic rings. The van der Waals surface area contributed by atoms with Crippen LogP contribution in [0, 0.1) is 5.92 Å². The van der Waals surface area contributed by atoms with Crippen molar-refractivity contribution in [1.29, 1.82) is 0 Å². The highest BCUT2D eigenvalue weighted by Crippen LogP contribution is 2.19. The van der Waals surface area contributed by atoms with Crippen molar-refractivity contribution in [3.63, 3.8) is 0 Å². The second-order valence-electron chi connectivity index (χ2n) is 8.09. The van der Waals surface area contributed by atoms with Gasteiger partial charge in [-0.2, -0.15) is 0 Å². The van der Waals surface area contributed by atoms with E-state index in [0.717, 1.165) is 6.42 Å². The molecule has 32 heavy (non-hydrogen) atoms. The SMILES string of the molecule is CCCCn1c(N)c(N(CC(C)C)C(=O)Cn2cnc3ccccc3c2=O)c(=O)[nH]c1=O. The van der Waals surface area contributed by atoms with Crippen LogP contribution in [0.4, 0.5) is 11.5 Å². The minimum Gasteiger partial charge on any atom is -0.383 e. The van der Waals surface area contributed by atoms with Gasteiger partial charge in [0.1, 0.15) is 12.4 Å². The number of benzene rings is 1. The minimum absolute atomic E-state index is 0.000204. The number of para-hydroxylation sites is 1. The predicted octanol–water partition coefficient (Wildman–Crippen LogP) is 1.32. The van der Waals surface area contributed by atoms with Gasteiger partial charge < -0.3 is 10.6 Å². The molecule has 0 spiro atoms. The summed E-state index contributed by atoms with van der Waals surface area (Å²) in [5.74, 6) is -0.568. The van der Waals surface area contributed by atoms with Crippen LogP contribution in [0.5, 0.6) is 0 Å². The van der Waals surface area contributed by atoms with Crippen LogP contribution in [0.2, 0.25) is 0 Å². The highest BCUT2D eigenvalue weighted by molar-refractivity contribution is 5.95. The highest BCUT2D eigenvalue weighted by Gasteiger charge is 2.25. The van der Waals surface area contributed by atoms with Crippen molar-refractivity contribution in [1.82, 2.24) is 19.1 Å². The Labute approximate surface area is 184 Å². The zero-order chi connectivity index (χ0) is 23.4. The van der Waals surface area contributed by atoms with E-state index in [0.29, 0.717) is 23.9 Å². The van der Waals surface area contributed by atoms with E-state index in [-0.39, 0.29) is 36.1 Å². The van der Waals surface area contributed by atoms with Gasteiger partial charge in [-0.25, -0.2) is 9.78 Å². The quantitative estimate of drug-likeness (QED) is 0.542. The van der Waals surface area contributed by atoms with Crippen LogP contribution < -0.4 is 27.4 Å². The number of nitrogens with two attached hydrogens (primary N) is 1. The fraction of sp³-hybridized carbons (Fsp3) is 0.409. The summed E-state index contributed by atoms with van der Waals surface area (Å²) in [6, 6.07) is 6.86. The zero-order valence-electron chi connectivity index (χ0n) is 18.5. The van der Waals surface area contributed by atoms with Gasteiger partial charge in [-0.15, -0.1) is 0 Å². The number of carbonyl (C=O) groups is 1. The number of anilines is 2. The van der Waals surface area contributed by atoms with Gasteiger partial charge in [-0.3, -0.25) is 28.5 Å². The molecule has 0 aliphatic heterocycles. The van der Waals surface area contributed by atoms with Crippen molar-refractivity contribution in [2.45, 2.75) is 46.7 Å². The summed E-state index contributed by atoms with van der Waals surface area (Å²) in [6.45, 7) is 5.94. The lowest BCUT2D eigenvalue weighted by atomic mass is 10.2. The number of H-pyrrole nitrogens is 1. The Balaban J connectivity index is 2.05. The first-order valence-corrected chi connectivity index (χ1v) is 10.6. The van der Waals surface area contributed by atoms with Crippen LogP contribution in [0.25, 0.3) is 10.9 Å². The molecule has 0 aliphatic carbocycles. The van der Waals surface area contributed by atoms with Gasteiger partial charge in [0.2, 0.25) is 5.91 Å². The Morgan fingerprint density at radius 1 is 1.22 bits per heavy atom. The number of aromatic amines is 1. The van der Waals surface area contributed by atoms with Crippen molar-refractivity contribution in [2.75, 3.05) is 17.2 Å². The number of carbonyl (C=O) groups excluding carboxylic acids is 1. The van der Waals surface area contributed by atoms with Gasteiger partial charge in [0.15, 0.2) is 5.69 Å². The molecule has 0 unspecified atom stereocenters. The Kier molecular flexibility index (Phi) is 6.92. The summed E-state index contributed by atoms with van der Waals surface area (Å²) >= 11 is 0. The monoisotopic (exact) mass is 440 g/mol. The van der Waals surface area contributed by atoms with E-state index in [4.69, 9.17) is 5.73 Å². The van der Waals surface area contributed by atoms with E-state index >= 15 is 0 Å². The molecule has 2 heterocycles. The molecule has 0 fully saturated rings. The average molecular weight is 441 g/mol. The van der Waals surface area contributed by atoms with Gasteiger partial charge in [0.05, 0.1) is 17.2 Å². The van der Waals surface area contributed by atoms with Gasteiger partial charge in [-0.1, -0.05) is 39.3 Å². The Morgan fingerprint density at radius 2 is 1.94 bits per heavy atom. The molecule has 10 nitrogen and oxygen atoms in total. The van der Waals surface area contributed by atoms with Gasteiger partial charge in [-0.05, 0) is 24.5 Å². The first-order valence-electron chi connectivity index (χ1n) is 10.6. The maximum Gasteiger partial charge on any atom is 0.330 e. The van der Waals surface area contributed by atoms with E-state index in [2.05, 4.69) is 9.97 Å². The molecular weight excluding hydrogens is 412 g/mol. The lowest BCUT2D eigenvalue weighted by molar-refractivity contribution is -0.119. The largest absolute Gasteiger partial charge is 0.383 e. The Hall–Kier alpha value is -3.69. The molecule has 0 atom stereocenters. The lowest BCUT2D eigenvalue weighted by Crippen LogP contribution is -2.44. The standard InChI is InChI=1S/C22H28N6O4/c1-4-5-10-27-19(23)18(20(30)25-22(27)32)28(11-14(2)3)17(29)12-26-13-24-16-9-7-6-8-15(16)21(26)31/h6-9,13-14H,4-5,10-12,23H2,1-3H3,(H,25,30,32). The van der Waals surface area contributed by atoms with Crippen molar-refractivity contribution < 1.29 is 4.79 Å². The molecule has 3 aromatic rings. The number of nitrogens with zero attached hydrogens (tertiary/aromatic N) is 4. The van der Waals surface area contributed by atoms with E-state index in [1.54, 1.807) is 24.3 Å². The molecular formula is C22H28N6O4. The predicted molar refractivity (Wildman–Crippen MR) is 124 cm³/mol. The fourth-order valence-electron chi connectivity index (χ4n) is 3.51. The molecule has 10 heteroatoms. The van der Waals surface area contributed by atoms with Gasteiger partial charge >= 0.3 is 5.69 Å². The number of aromatic nitrogens is 4. The number of nitrogens with one attached hydrogen (secondary N) is 1. The second kappa shape index (κ2) is 9.63. The average Bonchev–Trinajstić information content (AvgIpc) is 2.74. The zero-order valence-corrected chi connectivity index (χ0v) is 18.5. The van der Waals surface area contributed by atoms with Crippen LogP contribution in [0.15, 0.2) is 45.0 Å². The summed E-state index contributed by atoms with van der Waals surface area (Å²) in [7, 11) is 0. The number of amides is 1. The first kappa shape index (κ1) is 23.0. The van der Waals surface area contributed by atoms with E-state index < -0.39 is 17.2 Å². The van der Waals surface area contributed by atoms with Crippen LogP contribution in [0.1, 0.15) is 33.6 Å². The number of rotatable bonds is 8. The van der Waals surface area contributed by atoms with Crippen LogP contribution in [-0.2, 0) is 17.9 Å². The normalized spacial score (nSPS) is 11.2.